The maximum absolute atomic E-state index is 4.07. The van der Waals surface area contributed by atoms with Crippen molar-refractivity contribution in [2.24, 2.45) is 0 Å². The van der Waals surface area contributed by atoms with Crippen molar-refractivity contribution in [1.82, 2.24) is 10.2 Å². The molecule has 0 aliphatic heterocycles. The first-order valence-electron chi connectivity index (χ1n) is 4.64. The molecule has 0 aliphatic carbocycles. The molecule has 0 radical (unpaired) electrons. The fourth-order valence-electron chi connectivity index (χ4n) is 1.60. The van der Waals surface area contributed by atoms with Crippen molar-refractivity contribution < 1.29 is 0 Å². The van der Waals surface area contributed by atoms with Gasteiger partial charge in [0.05, 0.1) is 11.7 Å². The Bertz CT molecular complexity index is 445. The highest BCUT2D eigenvalue weighted by molar-refractivity contribution is 9.09. The standard InChI is InChI=1S/C11H13BrN2/c1-11(2,7-12)9-5-3-4-8-6-13-14-10(8)9/h3-6H,7H2,1-2H3,(H,13,14). The van der Waals surface area contributed by atoms with E-state index in [-0.39, 0.29) is 5.41 Å². The van der Waals surface area contributed by atoms with Gasteiger partial charge >= 0.3 is 0 Å². The fraction of sp³-hybridized carbons (Fsp3) is 0.364. The molecule has 0 fully saturated rings. The van der Waals surface area contributed by atoms with Crippen LogP contribution in [0.4, 0.5) is 0 Å². The minimum absolute atomic E-state index is 0.131. The van der Waals surface area contributed by atoms with E-state index in [1.807, 2.05) is 6.20 Å². The Morgan fingerprint density at radius 1 is 1.43 bits per heavy atom. The van der Waals surface area contributed by atoms with Crippen molar-refractivity contribution in [2.75, 3.05) is 5.33 Å². The van der Waals surface area contributed by atoms with Crippen molar-refractivity contribution >= 4 is 26.8 Å². The number of aromatic nitrogens is 2. The summed E-state index contributed by atoms with van der Waals surface area (Å²) >= 11 is 3.55. The van der Waals surface area contributed by atoms with Gasteiger partial charge < -0.3 is 0 Å². The number of H-pyrrole nitrogens is 1. The van der Waals surface area contributed by atoms with Crippen LogP contribution in [0, 0.1) is 0 Å². The third-order valence-corrected chi connectivity index (χ3v) is 3.94. The van der Waals surface area contributed by atoms with Gasteiger partial charge in [-0.05, 0) is 5.56 Å². The highest BCUT2D eigenvalue weighted by atomic mass is 79.9. The van der Waals surface area contributed by atoms with E-state index in [2.05, 4.69) is 58.2 Å². The van der Waals surface area contributed by atoms with Gasteiger partial charge in [-0.3, -0.25) is 5.10 Å². The van der Waals surface area contributed by atoms with E-state index in [9.17, 15) is 0 Å². The number of rotatable bonds is 2. The van der Waals surface area contributed by atoms with Gasteiger partial charge in [-0.25, -0.2) is 0 Å². The van der Waals surface area contributed by atoms with Crippen LogP contribution in [-0.4, -0.2) is 15.5 Å². The molecule has 1 aromatic heterocycles. The summed E-state index contributed by atoms with van der Waals surface area (Å²) in [7, 11) is 0. The number of hydrogen-bond acceptors (Lipinski definition) is 1. The van der Waals surface area contributed by atoms with E-state index in [0.29, 0.717) is 0 Å². The molecule has 0 unspecified atom stereocenters. The Balaban J connectivity index is 2.67. The number of hydrogen-bond donors (Lipinski definition) is 1. The molecule has 0 spiro atoms. The fourth-order valence-corrected chi connectivity index (χ4v) is 1.91. The third-order valence-electron chi connectivity index (χ3n) is 2.54. The summed E-state index contributed by atoms with van der Waals surface area (Å²) in [6.45, 7) is 4.44. The predicted molar refractivity (Wildman–Crippen MR) is 62.9 cm³/mol. The predicted octanol–water partition coefficient (Wildman–Crippen LogP) is 3.24. The summed E-state index contributed by atoms with van der Waals surface area (Å²) in [5, 5.41) is 9.25. The monoisotopic (exact) mass is 252 g/mol. The van der Waals surface area contributed by atoms with Crippen LogP contribution in [0.5, 0.6) is 0 Å². The number of benzene rings is 1. The van der Waals surface area contributed by atoms with Crippen molar-refractivity contribution in [3.8, 4) is 0 Å². The second-order valence-electron chi connectivity index (χ2n) is 4.16. The molecule has 1 heterocycles. The molecule has 2 rings (SSSR count). The van der Waals surface area contributed by atoms with Crippen LogP contribution >= 0.6 is 15.9 Å². The van der Waals surface area contributed by atoms with E-state index in [1.54, 1.807) is 0 Å². The van der Waals surface area contributed by atoms with Crippen LogP contribution in [0.15, 0.2) is 24.4 Å². The van der Waals surface area contributed by atoms with Gasteiger partial charge in [0.1, 0.15) is 0 Å². The molecule has 2 aromatic rings. The zero-order valence-corrected chi connectivity index (χ0v) is 9.93. The first-order valence-corrected chi connectivity index (χ1v) is 5.76. The Morgan fingerprint density at radius 3 is 2.93 bits per heavy atom. The van der Waals surface area contributed by atoms with Crippen LogP contribution in [0.2, 0.25) is 0 Å². The van der Waals surface area contributed by atoms with Crippen LogP contribution in [0.25, 0.3) is 10.9 Å². The first kappa shape index (κ1) is 9.71. The van der Waals surface area contributed by atoms with Gasteiger partial charge in [0.25, 0.3) is 0 Å². The van der Waals surface area contributed by atoms with Gasteiger partial charge in [0.2, 0.25) is 0 Å². The molecule has 1 aromatic carbocycles. The molecule has 14 heavy (non-hydrogen) atoms. The van der Waals surface area contributed by atoms with E-state index in [1.165, 1.54) is 10.9 Å². The van der Waals surface area contributed by atoms with E-state index < -0.39 is 0 Å². The molecule has 0 atom stereocenters. The zero-order chi connectivity index (χ0) is 10.2. The van der Waals surface area contributed by atoms with E-state index >= 15 is 0 Å². The van der Waals surface area contributed by atoms with Gasteiger partial charge in [-0.1, -0.05) is 48.0 Å². The lowest BCUT2D eigenvalue weighted by Gasteiger charge is -2.22. The Morgan fingerprint density at radius 2 is 2.21 bits per heavy atom. The van der Waals surface area contributed by atoms with E-state index in [4.69, 9.17) is 0 Å². The summed E-state index contributed by atoms with van der Waals surface area (Å²) in [6, 6.07) is 6.31. The van der Waals surface area contributed by atoms with Crippen molar-refractivity contribution in [3.63, 3.8) is 0 Å². The molecule has 0 saturated heterocycles. The molecule has 74 valence electrons. The minimum atomic E-state index is 0.131. The van der Waals surface area contributed by atoms with Gasteiger partial charge in [0.15, 0.2) is 0 Å². The molecular weight excluding hydrogens is 240 g/mol. The Kier molecular flexibility index (Phi) is 2.35. The summed E-state index contributed by atoms with van der Waals surface area (Å²) in [6.07, 6.45) is 1.86. The maximum atomic E-state index is 4.07. The largest absolute Gasteiger partial charge is 0.278 e. The first-order chi connectivity index (χ1) is 6.65. The van der Waals surface area contributed by atoms with Crippen molar-refractivity contribution in [1.29, 1.82) is 0 Å². The van der Waals surface area contributed by atoms with Crippen LogP contribution in [0.1, 0.15) is 19.4 Å². The third kappa shape index (κ3) is 1.46. The maximum Gasteiger partial charge on any atom is 0.0688 e. The van der Waals surface area contributed by atoms with Gasteiger partial charge in [-0.15, -0.1) is 0 Å². The van der Waals surface area contributed by atoms with Crippen LogP contribution in [0.3, 0.4) is 0 Å². The number of fused-ring (bicyclic) bond motifs is 1. The quantitative estimate of drug-likeness (QED) is 0.818. The number of aromatic amines is 1. The molecule has 0 aliphatic rings. The number of alkyl halides is 1. The highest BCUT2D eigenvalue weighted by Crippen LogP contribution is 2.30. The average molecular weight is 253 g/mol. The number of nitrogens with zero attached hydrogens (tertiary/aromatic N) is 1. The summed E-state index contributed by atoms with van der Waals surface area (Å²) in [4.78, 5) is 0. The molecule has 3 heteroatoms. The number of para-hydroxylation sites is 1. The molecule has 0 bridgehead atoms. The SMILES string of the molecule is CC(C)(CBr)c1cccc2cn[nH]c12. The average Bonchev–Trinajstić information content (AvgIpc) is 2.64. The highest BCUT2D eigenvalue weighted by Gasteiger charge is 2.21. The lowest BCUT2D eigenvalue weighted by atomic mass is 9.86. The molecular formula is C11H13BrN2. The Hall–Kier alpha value is -0.830. The normalized spacial score (nSPS) is 12.2. The van der Waals surface area contributed by atoms with Crippen LogP contribution < -0.4 is 0 Å². The lowest BCUT2D eigenvalue weighted by Crippen LogP contribution is -2.19. The number of halogens is 1. The summed E-state index contributed by atoms with van der Waals surface area (Å²) in [5.74, 6) is 0. The summed E-state index contributed by atoms with van der Waals surface area (Å²) < 4.78 is 0. The van der Waals surface area contributed by atoms with Crippen LogP contribution in [-0.2, 0) is 5.41 Å². The lowest BCUT2D eigenvalue weighted by molar-refractivity contribution is 0.611. The summed E-state index contributed by atoms with van der Waals surface area (Å²) in [5.41, 5.74) is 2.59. The van der Waals surface area contributed by atoms with Crippen molar-refractivity contribution in [2.45, 2.75) is 19.3 Å². The molecule has 1 N–H and O–H groups in total. The zero-order valence-electron chi connectivity index (χ0n) is 8.34. The topological polar surface area (TPSA) is 28.7 Å². The van der Waals surface area contributed by atoms with Gasteiger partial charge in [0, 0.05) is 16.1 Å². The van der Waals surface area contributed by atoms with Crippen molar-refractivity contribution in [3.05, 3.63) is 30.0 Å². The van der Waals surface area contributed by atoms with E-state index in [0.717, 1.165) is 10.8 Å². The number of nitrogens with one attached hydrogen (secondary N) is 1. The Labute approximate surface area is 91.8 Å². The second kappa shape index (κ2) is 3.39. The molecule has 2 nitrogen and oxygen atoms in total. The smallest absolute Gasteiger partial charge is 0.0688 e. The second-order valence-corrected chi connectivity index (χ2v) is 4.72. The molecule has 0 saturated carbocycles. The van der Waals surface area contributed by atoms with Gasteiger partial charge in [-0.2, -0.15) is 5.10 Å². The molecule has 0 amide bonds. The minimum Gasteiger partial charge on any atom is -0.278 e.